The van der Waals surface area contributed by atoms with Gasteiger partial charge >= 0.3 is 5.97 Å². The molecule has 1 aromatic carbocycles. The second-order valence-electron chi connectivity index (χ2n) is 6.34. The van der Waals surface area contributed by atoms with Gasteiger partial charge in [0.1, 0.15) is 29.0 Å². The number of hydrogen-bond acceptors (Lipinski definition) is 6. The molecule has 1 saturated heterocycles. The number of nitrogens with one attached hydrogen (secondary N) is 1. The summed E-state index contributed by atoms with van der Waals surface area (Å²) >= 11 is 0. The van der Waals surface area contributed by atoms with Gasteiger partial charge in [-0.15, -0.1) is 0 Å². The second kappa shape index (κ2) is 5.66. The molecule has 2 aromatic heterocycles. The predicted molar refractivity (Wildman–Crippen MR) is 89.7 cm³/mol. The minimum atomic E-state index is -0.954. The van der Waals surface area contributed by atoms with Gasteiger partial charge in [0.2, 0.25) is 0 Å². The van der Waals surface area contributed by atoms with E-state index in [2.05, 4.69) is 15.0 Å². The van der Waals surface area contributed by atoms with Gasteiger partial charge in [-0.05, 0) is 24.6 Å². The number of ether oxygens (including phenoxy) is 1. The van der Waals surface area contributed by atoms with Crippen LogP contribution in [0.4, 0.5) is 10.2 Å². The molecule has 1 aliphatic rings. The van der Waals surface area contributed by atoms with E-state index in [-0.39, 0.29) is 12.4 Å². The highest BCUT2D eigenvalue weighted by Crippen LogP contribution is 2.38. The summed E-state index contributed by atoms with van der Waals surface area (Å²) in [5.74, 6) is -0.106. The number of carbonyl (C=O) groups is 1. The third-order valence-electron chi connectivity index (χ3n) is 4.91. The number of halogens is 1. The van der Waals surface area contributed by atoms with Crippen LogP contribution >= 0.6 is 0 Å². The van der Waals surface area contributed by atoms with E-state index in [1.54, 1.807) is 6.07 Å². The van der Waals surface area contributed by atoms with Crippen LogP contribution in [0.25, 0.3) is 21.9 Å². The number of hydrogen-bond donors (Lipinski definition) is 2. The Balaban J connectivity index is 1.82. The van der Waals surface area contributed by atoms with Crippen LogP contribution in [0.3, 0.4) is 0 Å². The van der Waals surface area contributed by atoms with Gasteiger partial charge in [-0.3, -0.25) is 4.79 Å². The number of methoxy groups -OCH3 is 1. The van der Waals surface area contributed by atoms with Crippen molar-refractivity contribution in [1.29, 1.82) is 0 Å². The Kier molecular flexibility index (Phi) is 3.57. The van der Waals surface area contributed by atoms with Crippen molar-refractivity contribution in [3.63, 3.8) is 0 Å². The number of H-pyrrole nitrogens is 1. The Bertz CT molecular complexity index is 973. The van der Waals surface area contributed by atoms with Crippen LogP contribution in [0.1, 0.15) is 6.42 Å². The quantitative estimate of drug-likeness (QED) is 0.702. The molecular weight excluding hydrogens is 327 g/mol. The van der Waals surface area contributed by atoms with E-state index in [9.17, 15) is 14.3 Å². The fourth-order valence-corrected chi connectivity index (χ4v) is 3.55. The van der Waals surface area contributed by atoms with Gasteiger partial charge in [0.05, 0.1) is 24.6 Å². The standard InChI is InChI=1S/C17H17FN4O3/c1-25-16(24)17(8-23)4-5-22(7-17)15-13-11-3-2-10(18)6-12(11)21-14(13)19-9-20-15/h2-3,6,9,23H,4-5,7-8H2,1H3,(H,19,20,21). The van der Waals surface area contributed by atoms with Crippen LogP contribution in [0, 0.1) is 11.2 Å². The minimum Gasteiger partial charge on any atom is -0.468 e. The summed E-state index contributed by atoms with van der Waals surface area (Å²) in [6.45, 7) is 0.565. The number of anilines is 1. The first-order chi connectivity index (χ1) is 12.1. The van der Waals surface area contributed by atoms with Crippen molar-refractivity contribution < 1.29 is 19.0 Å². The number of aliphatic hydroxyl groups excluding tert-OH is 1. The molecule has 0 saturated carbocycles. The predicted octanol–water partition coefficient (Wildman–Crippen LogP) is 1.61. The SMILES string of the molecule is COC(=O)C1(CO)CCN(c2ncnc3[nH]c4cc(F)ccc4c23)C1. The number of esters is 1. The maximum absolute atomic E-state index is 13.5. The molecule has 1 aliphatic heterocycles. The fourth-order valence-electron chi connectivity index (χ4n) is 3.55. The van der Waals surface area contributed by atoms with Crippen molar-refractivity contribution in [2.24, 2.45) is 5.41 Å². The van der Waals surface area contributed by atoms with Gasteiger partial charge in [-0.1, -0.05) is 0 Å². The van der Waals surface area contributed by atoms with Crippen LogP contribution in [-0.4, -0.2) is 52.8 Å². The molecule has 0 bridgehead atoms. The Morgan fingerprint density at radius 3 is 3.08 bits per heavy atom. The first-order valence-electron chi connectivity index (χ1n) is 7.94. The first-order valence-corrected chi connectivity index (χ1v) is 7.94. The van der Waals surface area contributed by atoms with E-state index in [1.807, 2.05) is 4.90 Å². The van der Waals surface area contributed by atoms with Crippen molar-refractivity contribution in [1.82, 2.24) is 15.0 Å². The maximum Gasteiger partial charge on any atom is 0.316 e. The molecule has 0 radical (unpaired) electrons. The molecule has 130 valence electrons. The van der Waals surface area contributed by atoms with Gasteiger partial charge in [0.25, 0.3) is 0 Å². The van der Waals surface area contributed by atoms with Crippen molar-refractivity contribution >= 4 is 33.7 Å². The molecule has 1 unspecified atom stereocenters. The lowest BCUT2D eigenvalue weighted by Gasteiger charge is -2.24. The van der Waals surface area contributed by atoms with E-state index in [4.69, 9.17) is 4.74 Å². The van der Waals surface area contributed by atoms with Gasteiger partial charge in [-0.25, -0.2) is 14.4 Å². The van der Waals surface area contributed by atoms with Crippen molar-refractivity contribution in [3.05, 3.63) is 30.3 Å². The van der Waals surface area contributed by atoms with E-state index >= 15 is 0 Å². The Morgan fingerprint density at radius 1 is 1.48 bits per heavy atom. The number of benzene rings is 1. The van der Waals surface area contributed by atoms with Crippen LogP contribution < -0.4 is 4.90 Å². The largest absolute Gasteiger partial charge is 0.468 e. The lowest BCUT2D eigenvalue weighted by atomic mass is 9.88. The van der Waals surface area contributed by atoms with Crippen molar-refractivity contribution in [2.45, 2.75) is 6.42 Å². The number of rotatable bonds is 3. The van der Waals surface area contributed by atoms with Crippen LogP contribution in [0.2, 0.25) is 0 Å². The highest BCUT2D eigenvalue weighted by Gasteiger charge is 2.46. The van der Waals surface area contributed by atoms with Gasteiger partial charge < -0.3 is 19.7 Å². The molecule has 0 aliphatic carbocycles. The number of nitrogens with zero attached hydrogens (tertiary/aromatic N) is 3. The number of aliphatic hydroxyl groups is 1. The van der Waals surface area contributed by atoms with E-state index in [0.29, 0.717) is 36.5 Å². The third kappa shape index (κ3) is 2.32. The highest BCUT2D eigenvalue weighted by molar-refractivity contribution is 6.11. The molecule has 1 fully saturated rings. The fraction of sp³-hybridized carbons (Fsp3) is 0.353. The number of fused-ring (bicyclic) bond motifs is 3. The van der Waals surface area contributed by atoms with Gasteiger partial charge in [-0.2, -0.15) is 0 Å². The zero-order valence-electron chi connectivity index (χ0n) is 13.6. The van der Waals surface area contributed by atoms with Crippen LogP contribution in [0.5, 0.6) is 0 Å². The second-order valence-corrected chi connectivity index (χ2v) is 6.34. The molecule has 3 heterocycles. The topological polar surface area (TPSA) is 91.3 Å². The summed E-state index contributed by atoms with van der Waals surface area (Å²) < 4.78 is 18.4. The molecule has 8 heteroatoms. The monoisotopic (exact) mass is 344 g/mol. The number of carbonyl (C=O) groups excluding carboxylic acids is 1. The number of aromatic amines is 1. The lowest BCUT2D eigenvalue weighted by Crippen LogP contribution is -2.39. The Morgan fingerprint density at radius 2 is 2.32 bits per heavy atom. The molecule has 0 spiro atoms. The van der Waals surface area contributed by atoms with E-state index in [1.165, 1.54) is 25.6 Å². The minimum absolute atomic E-state index is 0.288. The van der Waals surface area contributed by atoms with Crippen molar-refractivity contribution in [3.8, 4) is 0 Å². The van der Waals surface area contributed by atoms with Crippen LogP contribution in [0.15, 0.2) is 24.5 Å². The van der Waals surface area contributed by atoms with E-state index in [0.717, 1.165) is 10.8 Å². The summed E-state index contributed by atoms with van der Waals surface area (Å²) in [7, 11) is 1.32. The summed E-state index contributed by atoms with van der Waals surface area (Å²) in [6, 6.07) is 4.49. The molecule has 7 nitrogen and oxygen atoms in total. The van der Waals surface area contributed by atoms with Gasteiger partial charge in [0, 0.05) is 18.5 Å². The lowest BCUT2D eigenvalue weighted by molar-refractivity contribution is -0.153. The highest BCUT2D eigenvalue weighted by atomic mass is 19.1. The molecular formula is C17H17FN4O3. The first kappa shape index (κ1) is 15.8. The average molecular weight is 344 g/mol. The number of aromatic nitrogens is 3. The summed E-state index contributed by atoms with van der Waals surface area (Å²) in [5.41, 5.74) is 0.284. The summed E-state index contributed by atoms with van der Waals surface area (Å²) in [5, 5.41) is 11.3. The molecule has 25 heavy (non-hydrogen) atoms. The molecule has 2 N–H and O–H groups in total. The van der Waals surface area contributed by atoms with Crippen molar-refractivity contribution in [2.75, 3.05) is 31.7 Å². The zero-order valence-corrected chi connectivity index (χ0v) is 13.6. The third-order valence-corrected chi connectivity index (χ3v) is 4.91. The molecule has 4 rings (SSSR count). The summed E-state index contributed by atoms with van der Waals surface area (Å²) in [4.78, 5) is 25.8. The Hall–Kier alpha value is -2.74. The zero-order chi connectivity index (χ0) is 17.6. The molecule has 1 atom stereocenters. The average Bonchev–Trinajstić information content (AvgIpc) is 3.22. The maximum atomic E-state index is 13.5. The molecule has 0 amide bonds. The van der Waals surface area contributed by atoms with E-state index < -0.39 is 11.4 Å². The smallest absolute Gasteiger partial charge is 0.316 e. The molecule has 3 aromatic rings. The van der Waals surface area contributed by atoms with Crippen LogP contribution in [-0.2, 0) is 9.53 Å². The summed E-state index contributed by atoms with van der Waals surface area (Å²) in [6.07, 6.45) is 1.90. The van der Waals surface area contributed by atoms with Gasteiger partial charge in [0.15, 0.2) is 0 Å². The Labute approximate surface area is 142 Å². The normalized spacial score (nSPS) is 20.5.